The molecule has 0 bridgehead atoms. The first kappa shape index (κ1) is 14.5. The Morgan fingerprint density at radius 3 is 2.47 bits per heavy atom. The molecule has 0 saturated heterocycles. The molecule has 1 aliphatic carbocycles. The van der Waals surface area contributed by atoms with Gasteiger partial charge in [-0.25, -0.2) is 0 Å². The van der Waals surface area contributed by atoms with Gasteiger partial charge in [-0.1, -0.05) is 6.92 Å². The van der Waals surface area contributed by atoms with Gasteiger partial charge < -0.3 is 15.2 Å². The van der Waals surface area contributed by atoms with E-state index < -0.39 is 0 Å². The van der Waals surface area contributed by atoms with Crippen LogP contribution in [0.1, 0.15) is 46.0 Å². The summed E-state index contributed by atoms with van der Waals surface area (Å²) in [5.74, 6) is 0.0438. The molecule has 0 heterocycles. The SMILES string of the molecule is CCOC(=O)C1CCC(NC(CC)CO)CC1. The lowest BCUT2D eigenvalue weighted by Crippen LogP contribution is -2.42. The van der Waals surface area contributed by atoms with Crippen LogP contribution in [0.3, 0.4) is 0 Å². The second kappa shape index (κ2) is 7.67. The van der Waals surface area contributed by atoms with Crippen molar-refractivity contribution in [3.63, 3.8) is 0 Å². The van der Waals surface area contributed by atoms with Crippen LogP contribution in [0.5, 0.6) is 0 Å². The Morgan fingerprint density at radius 2 is 2.00 bits per heavy atom. The van der Waals surface area contributed by atoms with Crippen molar-refractivity contribution in [2.75, 3.05) is 13.2 Å². The van der Waals surface area contributed by atoms with Gasteiger partial charge in [-0.05, 0) is 39.0 Å². The van der Waals surface area contributed by atoms with Gasteiger partial charge in [0.05, 0.1) is 19.1 Å². The van der Waals surface area contributed by atoms with Gasteiger partial charge >= 0.3 is 5.97 Å². The smallest absolute Gasteiger partial charge is 0.308 e. The zero-order chi connectivity index (χ0) is 12.7. The number of hydrogen-bond acceptors (Lipinski definition) is 4. The highest BCUT2D eigenvalue weighted by atomic mass is 16.5. The Morgan fingerprint density at radius 1 is 1.35 bits per heavy atom. The van der Waals surface area contributed by atoms with Crippen LogP contribution < -0.4 is 5.32 Å². The number of esters is 1. The molecule has 1 saturated carbocycles. The highest BCUT2D eigenvalue weighted by Crippen LogP contribution is 2.25. The summed E-state index contributed by atoms with van der Waals surface area (Å²) in [7, 11) is 0. The van der Waals surface area contributed by atoms with Crippen LogP contribution in [0.4, 0.5) is 0 Å². The Balaban J connectivity index is 2.28. The van der Waals surface area contributed by atoms with Crippen LogP contribution in [-0.4, -0.2) is 36.4 Å². The number of aliphatic hydroxyl groups excluding tert-OH is 1. The first-order valence-electron chi connectivity index (χ1n) is 6.74. The van der Waals surface area contributed by atoms with Gasteiger partial charge in [-0.3, -0.25) is 4.79 Å². The fourth-order valence-electron chi connectivity index (χ4n) is 2.39. The summed E-state index contributed by atoms with van der Waals surface area (Å²) in [6.45, 7) is 4.57. The van der Waals surface area contributed by atoms with E-state index >= 15 is 0 Å². The van der Waals surface area contributed by atoms with Crippen molar-refractivity contribution < 1.29 is 14.6 Å². The van der Waals surface area contributed by atoms with E-state index in [2.05, 4.69) is 12.2 Å². The zero-order valence-corrected chi connectivity index (χ0v) is 10.9. The highest BCUT2D eigenvalue weighted by Gasteiger charge is 2.27. The average molecular weight is 243 g/mol. The number of nitrogens with one attached hydrogen (secondary N) is 1. The average Bonchev–Trinajstić information content (AvgIpc) is 2.37. The normalized spacial score (nSPS) is 26.5. The van der Waals surface area contributed by atoms with E-state index in [0.717, 1.165) is 32.1 Å². The molecule has 100 valence electrons. The lowest BCUT2D eigenvalue weighted by molar-refractivity contribution is -0.149. The first-order valence-corrected chi connectivity index (χ1v) is 6.74. The van der Waals surface area contributed by atoms with Crippen LogP contribution in [0, 0.1) is 5.92 Å². The Kier molecular flexibility index (Phi) is 6.52. The monoisotopic (exact) mass is 243 g/mol. The molecule has 0 aromatic carbocycles. The van der Waals surface area contributed by atoms with Gasteiger partial charge in [0.25, 0.3) is 0 Å². The summed E-state index contributed by atoms with van der Waals surface area (Å²) >= 11 is 0. The van der Waals surface area contributed by atoms with Crippen molar-refractivity contribution in [3.8, 4) is 0 Å². The molecule has 17 heavy (non-hydrogen) atoms. The van der Waals surface area contributed by atoms with E-state index in [4.69, 9.17) is 9.84 Å². The Hall–Kier alpha value is -0.610. The number of aliphatic hydroxyl groups is 1. The predicted molar refractivity (Wildman–Crippen MR) is 66.7 cm³/mol. The Labute approximate surface area is 104 Å². The Bertz CT molecular complexity index is 221. The van der Waals surface area contributed by atoms with Gasteiger partial charge in [-0.15, -0.1) is 0 Å². The third-order valence-electron chi connectivity index (χ3n) is 3.53. The van der Waals surface area contributed by atoms with Crippen molar-refractivity contribution >= 4 is 5.97 Å². The molecule has 4 heteroatoms. The number of carbonyl (C=O) groups excluding carboxylic acids is 1. The lowest BCUT2D eigenvalue weighted by Gasteiger charge is -2.30. The van der Waals surface area contributed by atoms with E-state index in [1.165, 1.54) is 0 Å². The number of rotatable bonds is 6. The molecular weight excluding hydrogens is 218 g/mol. The molecule has 1 unspecified atom stereocenters. The molecule has 2 N–H and O–H groups in total. The fraction of sp³-hybridized carbons (Fsp3) is 0.923. The van der Waals surface area contributed by atoms with E-state index in [-0.39, 0.29) is 24.5 Å². The topological polar surface area (TPSA) is 58.6 Å². The second-order valence-electron chi connectivity index (χ2n) is 4.76. The van der Waals surface area contributed by atoms with E-state index in [0.29, 0.717) is 12.6 Å². The van der Waals surface area contributed by atoms with Crippen LogP contribution in [0.15, 0.2) is 0 Å². The molecule has 1 fully saturated rings. The summed E-state index contributed by atoms with van der Waals surface area (Å²) in [6, 6.07) is 0.636. The van der Waals surface area contributed by atoms with Gasteiger partial charge in [0, 0.05) is 12.1 Å². The molecule has 0 spiro atoms. The summed E-state index contributed by atoms with van der Waals surface area (Å²) in [4.78, 5) is 11.6. The quantitative estimate of drug-likeness (QED) is 0.694. The van der Waals surface area contributed by atoms with Crippen molar-refractivity contribution in [2.24, 2.45) is 5.92 Å². The number of carbonyl (C=O) groups is 1. The standard InChI is InChI=1S/C13H25NO3/c1-3-11(9-15)14-12-7-5-10(6-8-12)13(16)17-4-2/h10-12,14-15H,3-9H2,1-2H3. The lowest BCUT2D eigenvalue weighted by atomic mass is 9.85. The molecule has 4 nitrogen and oxygen atoms in total. The van der Waals surface area contributed by atoms with Crippen molar-refractivity contribution in [1.82, 2.24) is 5.32 Å². The third kappa shape index (κ3) is 4.64. The van der Waals surface area contributed by atoms with Crippen LogP contribution >= 0.6 is 0 Å². The largest absolute Gasteiger partial charge is 0.466 e. The summed E-state index contributed by atoms with van der Waals surface area (Å²) in [6.07, 6.45) is 4.74. The highest BCUT2D eigenvalue weighted by molar-refractivity contribution is 5.72. The maximum atomic E-state index is 11.6. The minimum Gasteiger partial charge on any atom is -0.466 e. The molecule has 1 rings (SSSR count). The van der Waals surface area contributed by atoms with Crippen molar-refractivity contribution in [2.45, 2.75) is 58.0 Å². The molecule has 1 aliphatic rings. The fourth-order valence-corrected chi connectivity index (χ4v) is 2.39. The van der Waals surface area contributed by atoms with Gasteiger partial charge in [0.2, 0.25) is 0 Å². The summed E-state index contributed by atoms with van der Waals surface area (Å²) < 4.78 is 5.04. The van der Waals surface area contributed by atoms with Crippen LogP contribution in [0.2, 0.25) is 0 Å². The molecule has 0 aromatic rings. The molecule has 0 aromatic heterocycles. The number of ether oxygens (including phenoxy) is 1. The maximum Gasteiger partial charge on any atom is 0.308 e. The number of hydrogen-bond donors (Lipinski definition) is 2. The van der Waals surface area contributed by atoms with Crippen LogP contribution in [0.25, 0.3) is 0 Å². The van der Waals surface area contributed by atoms with Crippen molar-refractivity contribution in [3.05, 3.63) is 0 Å². The van der Waals surface area contributed by atoms with Crippen molar-refractivity contribution in [1.29, 1.82) is 0 Å². The van der Waals surface area contributed by atoms with E-state index in [1.54, 1.807) is 0 Å². The third-order valence-corrected chi connectivity index (χ3v) is 3.53. The summed E-state index contributed by atoms with van der Waals surface area (Å²) in [5, 5.41) is 12.6. The minimum absolute atomic E-state index is 0.0415. The van der Waals surface area contributed by atoms with E-state index in [9.17, 15) is 4.79 Å². The molecule has 0 aliphatic heterocycles. The molecule has 1 atom stereocenters. The van der Waals surface area contributed by atoms with E-state index in [1.807, 2.05) is 6.92 Å². The molecule has 0 amide bonds. The predicted octanol–water partition coefficient (Wildman–Crippen LogP) is 1.47. The molecule has 0 radical (unpaired) electrons. The maximum absolute atomic E-state index is 11.6. The first-order chi connectivity index (χ1) is 8.21. The van der Waals surface area contributed by atoms with Gasteiger partial charge in [0.15, 0.2) is 0 Å². The second-order valence-corrected chi connectivity index (χ2v) is 4.76. The van der Waals surface area contributed by atoms with Gasteiger partial charge in [-0.2, -0.15) is 0 Å². The zero-order valence-electron chi connectivity index (χ0n) is 10.9. The summed E-state index contributed by atoms with van der Waals surface area (Å²) in [5.41, 5.74) is 0. The van der Waals surface area contributed by atoms with Gasteiger partial charge in [0.1, 0.15) is 0 Å². The minimum atomic E-state index is -0.0415. The van der Waals surface area contributed by atoms with Crippen LogP contribution in [-0.2, 0) is 9.53 Å². The molecular formula is C13H25NO3.